The van der Waals surface area contributed by atoms with Gasteiger partial charge >= 0.3 is 5.97 Å². The molecule has 0 aliphatic heterocycles. The topological polar surface area (TPSA) is 35.5 Å². The molecule has 0 bridgehead atoms. The number of hydrogen-bond donors (Lipinski definition) is 0. The van der Waals surface area contributed by atoms with Crippen LogP contribution >= 0.6 is 0 Å². The highest BCUT2D eigenvalue weighted by atomic mass is 16.5. The third kappa shape index (κ3) is 10.1. The molecule has 0 atom stereocenters. The Bertz CT molecular complexity index is 228. The highest BCUT2D eigenvalue weighted by molar-refractivity contribution is 5.69. The molecule has 0 spiro atoms. The molecule has 0 aromatic rings. The summed E-state index contributed by atoms with van der Waals surface area (Å²) in [5.74, 6) is -0.172. The summed E-state index contributed by atoms with van der Waals surface area (Å²) >= 11 is 0. The monoisotopic (exact) mass is 254 g/mol. The lowest BCUT2D eigenvalue weighted by Crippen LogP contribution is -2.12. The maximum atomic E-state index is 11.4. The summed E-state index contributed by atoms with van der Waals surface area (Å²) in [6.07, 6.45) is 8.61. The first-order valence-corrected chi connectivity index (χ1v) is 6.77. The van der Waals surface area contributed by atoms with E-state index in [4.69, 9.17) is 9.47 Å². The molecule has 0 saturated heterocycles. The van der Waals surface area contributed by atoms with Gasteiger partial charge in [0.15, 0.2) is 0 Å². The van der Waals surface area contributed by atoms with Gasteiger partial charge in [-0.25, -0.2) is 0 Å². The molecule has 0 aromatic carbocycles. The molecule has 18 heavy (non-hydrogen) atoms. The van der Waals surface area contributed by atoms with Crippen molar-refractivity contribution >= 4 is 5.97 Å². The summed E-state index contributed by atoms with van der Waals surface area (Å²) in [7, 11) is 0. The Hall–Kier alpha value is -1.09. The molecule has 0 unspecified atom stereocenters. The van der Waals surface area contributed by atoms with Crippen LogP contribution in [0.25, 0.3) is 0 Å². The zero-order chi connectivity index (χ0) is 13.6. The van der Waals surface area contributed by atoms with Crippen LogP contribution in [0.4, 0.5) is 0 Å². The van der Waals surface area contributed by atoms with E-state index in [2.05, 4.69) is 13.2 Å². The number of unbranched alkanes of at least 4 members (excludes halogenated alkanes) is 4. The van der Waals surface area contributed by atoms with Gasteiger partial charge < -0.3 is 9.47 Å². The van der Waals surface area contributed by atoms with Crippen LogP contribution in [0.3, 0.4) is 0 Å². The van der Waals surface area contributed by atoms with Gasteiger partial charge in [0.25, 0.3) is 0 Å². The van der Waals surface area contributed by atoms with Crippen LogP contribution in [0.15, 0.2) is 25.3 Å². The van der Waals surface area contributed by atoms with Gasteiger partial charge in [0.2, 0.25) is 0 Å². The Morgan fingerprint density at radius 1 is 1.11 bits per heavy atom. The molecule has 3 nitrogen and oxygen atoms in total. The van der Waals surface area contributed by atoms with E-state index in [1.54, 1.807) is 12.2 Å². The first-order chi connectivity index (χ1) is 8.74. The average Bonchev–Trinajstić information content (AvgIpc) is 2.39. The minimum absolute atomic E-state index is 0.172. The zero-order valence-electron chi connectivity index (χ0n) is 11.5. The van der Waals surface area contributed by atoms with E-state index in [1.807, 2.05) is 6.92 Å². The Balaban J connectivity index is 3.35. The highest BCUT2D eigenvalue weighted by Crippen LogP contribution is 2.07. The molecule has 0 aliphatic rings. The Kier molecular flexibility index (Phi) is 11.6. The van der Waals surface area contributed by atoms with Crippen molar-refractivity contribution in [3.63, 3.8) is 0 Å². The molecule has 0 fully saturated rings. The maximum absolute atomic E-state index is 11.4. The molecule has 0 rings (SSSR count). The lowest BCUT2D eigenvalue weighted by Gasteiger charge is -2.09. The fraction of sp³-hybridized carbons (Fsp3) is 0.667. The zero-order valence-corrected chi connectivity index (χ0v) is 11.5. The average molecular weight is 254 g/mol. The third-order valence-corrected chi connectivity index (χ3v) is 2.61. The number of esters is 1. The van der Waals surface area contributed by atoms with Gasteiger partial charge in [-0.05, 0) is 31.9 Å². The van der Waals surface area contributed by atoms with Crippen molar-refractivity contribution < 1.29 is 14.3 Å². The van der Waals surface area contributed by atoms with Crippen molar-refractivity contribution in [3.05, 3.63) is 25.3 Å². The largest absolute Gasteiger partial charge is 0.454 e. The molecule has 0 N–H and O–H groups in total. The van der Waals surface area contributed by atoms with E-state index in [1.165, 1.54) is 0 Å². The second-order valence-corrected chi connectivity index (χ2v) is 4.14. The van der Waals surface area contributed by atoms with Crippen LogP contribution in [0.1, 0.15) is 45.4 Å². The fourth-order valence-electron chi connectivity index (χ4n) is 1.55. The van der Waals surface area contributed by atoms with Crippen LogP contribution in [0, 0.1) is 0 Å². The van der Waals surface area contributed by atoms with Gasteiger partial charge in [-0.2, -0.15) is 0 Å². The predicted octanol–water partition coefficient (Wildman–Crippen LogP) is 3.65. The number of carbonyl (C=O) groups excluding carboxylic acids is 1. The lowest BCUT2D eigenvalue weighted by molar-refractivity contribution is -0.145. The summed E-state index contributed by atoms with van der Waals surface area (Å²) in [6, 6.07) is 0. The molecule has 0 heterocycles. The van der Waals surface area contributed by atoms with E-state index in [0.717, 1.165) is 45.3 Å². The van der Waals surface area contributed by atoms with Gasteiger partial charge in [-0.3, -0.25) is 4.79 Å². The molecule has 0 aliphatic carbocycles. The molecule has 3 heteroatoms. The van der Waals surface area contributed by atoms with Crippen molar-refractivity contribution in [2.45, 2.75) is 51.6 Å². The van der Waals surface area contributed by atoms with E-state index < -0.39 is 0 Å². The number of carbonyl (C=O) groups is 1. The number of rotatable bonds is 12. The molecular formula is C15H26O3. The summed E-state index contributed by atoms with van der Waals surface area (Å²) in [5.41, 5.74) is 0. The smallest absolute Gasteiger partial charge is 0.306 e. The van der Waals surface area contributed by atoms with Crippen LogP contribution in [0.5, 0.6) is 0 Å². The number of hydrogen-bond acceptors (Lipinski definition) is 3. The van der Waals surface area contributed by atoms with Gasteiger partial charge in [0.1, 0.15) is 6.10 Å². The third-order valence-electron chi connectivity index (χ3n) is 2.61. The fourth-order valence-corrected chi connectivity index (χ4v) is 1.55. The Morgan fingerprint density at radius 2 is 1.72 bits per heavy atom. The summed E-state index contributed by atoms with van der Waals surface area (Å²) in [4.78, 5) is 11.4. The van der Waals surface area contributed by atoms with Crippen LogP contribution in [-0.2, 0) is 14.3 Å². The van der Waals surface area contributed by atoms with Crippen molar-refractivity contribution in [2.24, 2.45) is 0 Å². The van der Waals surface area contributed by atoms with Gasteiger partial charge in [0.05, 0.1) is 0 Å². The van der Waals surface area contributed by atoms with Crippen molar-refractivity contribution in [3.8, 4) is 0 Å². The van der Waals surface area contributed by atoms with Gasteiger partial charge in [0, 0.05) is 19.6 Å². The first kappa shape index (κ1) is 16.9. The molecule has 0 aromatic heterocycles. The van der Waals surface area contributed by atoms with Crippen molar-refractivity contribution in [2.75, 3.05) is 13.2 Å². The normalized spacial score (nSPS) is 10.3. The van der Waals surface area contributed by atoms with Crippen LogP contribution in [-0.4, -0.2) is 25.3 Å². The molecule has 0 amide bonds. The highest BCUT2D eigenvalue weighted by Gasteiger charge is 2.06. The lowest BCUT2D eigenvalue weighted by atomic mass is 10.1. The number of ether oxygens (including phenoxy) is 2. The summed E-state index contributed by atoms with van der Waals surface area (Å²) in [6.45, 7) is 10.8. The molecule has 0 saturated carbocycles. The van der Waals surface area contributed by atoms with Crippen LogP contribution < -0.4 is 0 Å². The second kappa shape index (κ2) is 12.4. The van der Waals surface area contributed by atoms with E-state index >= 15 is 0 Å². The Labute approximate surface area is 111 Å². The van der Waals surface area contributed by atoms with Gasteiger partial charge in [-0.1, -0.05) is 32.4 Å². The van der Waals surface area contributed by atoms with E-state index in [-0.39, 0.29) is 12.1 Å². The maximum Gasteiger partial charge on any atom is 0.306 e. The molecule has 0 radical (unpaired) electrons. The van der Waals surface area contributed by atoms with Gasteiger partial charge in [-0.15, -0.1) is 0 Å². The predicted molar refractivity (Wildman–Crippen MR) is 74.5 cm³/mol. The second-order valence-electron chi connectivity index (χ2n) is 4.14. The molecular weight excluding hydrogens is 228 g/mol. The SMILES string of the molecule is C=CC(C=C)OC(=O)CCCCCCCOCC. The van der Waals surface area contributed by atoms with E-state index in [9.17, 15) is 4.79 Å². The molecule has 104 valence electrons. The standard InChI is InChI=1S/C15H26O3/c1-4-14(5-2)18-15(16)12-10-8-7-9-11-13-17-6-3/h4-5,14H,1-2,6-13H2,3H3. The summed E-state index contributed by atoms with van der Waals surface area (Å²) < 4.78 is 10.4. The van der Waals surface area contributed by atoms with Crippen LogP contribution in [0.2, 0.25) is 0 Å². The van der Waals surface area contributed by atoms with Crippen molar-refractivity contribution in [1.82, 2.24) is 0 Å². The first-order valence-electron chi connectivity index (χ1n) is 6.77. The van der Waals surface area contributed by atoms with Crippen molar-refractivity contribution in [1.29, 1.82) is 0 Å². The van der Waals surface area contributed by atoms with E-state index in [0.29, 0.717) is 6.42 Å². The Morgan fingerprint density at radius 3 is 2.33 bits per heavy atom. The minimum atomic E-state index is -0.358. The quantitative estimate of drug-likeness (QED) is 0.303. The summed E-state index contributed by atoms with van der Waals surface area (Å²) in [5, 5.41) is 0. The minimum Gasteiger partial charge on any atom is -0.454 e.